The Morgan fingerprint density at radius 2 is 1.71 bits per heavy atom. The lowest BCUT2D eigenvalue weighted by Crippen LogP contribution is -2.68. The summed E-state index contributed by atoms with van der Waals surface area (Å²) in [6.45, 7) is 1.57. The molecule has 4 nitrogen and oxygen atoms in total. The second-order valence-electron chi connectivity index (χ2n) is 9.07. The van der Waals surface area contributed by atoms with E-state index in [9.17, 15) is 4.79 Å². The van der Waals surface area contributed by atoms with E-state index in [1.165, 1.54) is 57.8 Å². The third-order valence-corrected chi connectivity index (χ3v) is 7.20. The molecule has 6 atom stereocenters. The predicted molar refractivity (Wildman–Crippen MR) is 94.3 cm³/mol. The number of esters is 1. The van der Waals surface area contributed by atoms with E-state index in [2.05, 4.69) is 4.90 Å². The zero-order valence-corrected chi connectivity index (χ0v) is 15.2. The molecule has 2 aliphatic heterocycles. The quantitative estimate of drug-likeness (QED) is 0.784. The van der Waals surface area contributed by atoms with Crippen molar-refractivity contribution in [3.05, 3.63) is 0 Å². The first kappa shape index (κ1) is 16.8. The molecule has 2 heterocycles. The van der Waals surface area contributed by atoms with Gasteiger partial charge in [0.25, 0.3) is 0 Å². The number of rotatable bonds is 2. The van der Waals surface area contributed by atoms with E-state index >= 15 is 0 Å². The minimum absolute atomic E-state index is 0.136. The van der Waals surface area contributed by atoms with Crippen LogP contribution in [0.2, 0.25) is 0 Å². The highest BCUT2D eigenvalue weighted by Gasteiger charge is 2.54. The molecule has 136 valence electrons. The fraction of sp³-hybridized carbons (Fsp3) is 0.950. The summed E-state index contributed by atoms with van der Waals surface area (Å²) in [5, 5.41) is 0. The Morgan fingerprint density at radius 3 is 2.38 bits per heavy atom. The number of hydrogen-bond acceptors (Lipinski definition) is 4. The Kier molecular flexibility index (Phi) is 4.63. The Balaban J connectivity index is 1.62. The number of hydrogen-bond donors (Lipinski definition) is 1. The molecule has 2 aliphatic carbocycles. The Morgan fingerprint density at radius 1 is 1.00 bits per heavy atom. The average Bonchev–Trinajstić information content (AvgIpc) is 2.65. The first-order valence-corrected chi connectivity index (χ1v) is 10.3. The van der Waals surface area contributed by atoms with E-state index in [0.29, 0.717) is 12.1 Å². The van der Waals surface area contributed by atoms with Crippen molar-refractivity contribution < 1.29 is 9.53 Å². The number of nitrogens with two attached hydrogens (primary N) is 1. The monoisotopic (exact) mass is 334 g/mol. The van der Waals surface area contributed by atoms with Gasteiger partial charge in [0.1, 0.15) is 0 Å². The van der Waals surface area contributed by atoms with Gasteiger partial charge in [-0.2, -0.15) is 0 Å². The summed E-state index contributed by atoms with van der Waals surface area (Å²) in [4.78, 5) is 14.6. The molecule has 2 saturated carbocycles. The molecule has 0 spiro atoms. The first-order chi connectivity index (χ1) is 11.6. The molecule has 0 aromatic carbocycles. The summed E-state index contributed by atoms with van der Waals surface area (Å²) in [7, 11) is 0. The van der Waals surface area contributed by atoms with Gasteiger partial charge in [0.15, 0.2) is 5.72 Å². The van der Waals surface area contributed by atoms with Gasteiger partial charge in [0.05, 0.1) is 0 Å². The molecule has 0 radical (unpaired) electrons. The molecule has 4 rings (SSSR count). The van der Waals surface area contributed by atoms with E-state index in [-0.39, 0.29) is 12.0 Å². The van der Waals surface area contributed by atoms with Gasteiger partial charge in [0, 0.05) is 37.9 Å². The van der Waals surface area contributed by atoms with Crippen molar-refractivity contribution >= 4 is 5.97 Å². The summed E-state index contributed by atoms with van der Waals surface area (Å²) in [6.07, 6.45) is 15.0. The molecule has 0 amide bonds. The van der Waals surface area contributed by atoms with E-state index < -0.39 is 5.72 Å². The van der Waals surface area contributed by atoms with Crippen molar-refractivity contribution in [1.29, 1.82) is 0 Å². The topological polar surface area (TPSA) is 55.6 Å². The third kappa shape index (κ3) is 3.12. The normalized spacial score (nSPS) is 46.2. The molecule has 0 aromatic heterocycles. The highest BCUT2D eigenvalue weighted by molar-refractivity contribution is 5.66. The highest BCUT2D eigenvalue weighted by atomic mass is 16.6. The number of fused-ring (bicyclic) bond motifs is 4. The first-order valence-electron chi connectivity index (χ1n) is 10.3. The molecular weight excluding hydrogens is 300 g/mol. The maximum absolute atomic E-state index is 11.9. The van der Waals surface area contributed by atoms with Crippen molar-refractivity contribution in [2.24, 2.45) is 17.6 Å². The fourth-order valence-electron chi connectivity index (χ4n) is 6.63. The Hall–Kier alpha value is -0.610. The highest BCUT2D eigenvalue weighted by Crippen LogP contribution is 2.49. The molecule has 2 N–H and O–H groups in total. The SMILES string of the molecule is CC(=O)O[C@]12CCC[C@@H](C[C@@H](N)C1)N2C1C[C@H]2CCCC[C@@H](C1)C2. The Bertz CT molecular complexity index is 468. The lowest BCUT2D eigenvalue weighted by Gasteiger charge is -2.59. The molecule has 2 saturated heterocycles. The smallest absolute Gasteiger partial charge is 0.304 e. The van der Waals surface area contributed by atoms with Crippen molar-refractivity contribution in [3.63, 3.8) is 0 Å². The van der Waals surface area contributed by atoms with Gasteiger partial charge in [-0.25, -0.2) is 0 Å². The molecule has 4 aliphatic rings. The summed E-state index contributed by atoms with van der Waals surface area (Å²) in [5.41, 5.74) is 5.97. The largest absolute Gasteiger partial charge is 0.444 e. The Labute approximate surface area is 146 Å². The number of carbonyl (C=O) groups is 1. The van der Waals surface area contributed by atoms with Crippen LogP contribution in [0.25, 0.3) is 0 Å². The van der Waals surface area contributed by atoms with Crippen molar-refractivity contribution in [3.8, 4) is 0 Å². The van der Waals surface area contributed by atoms with Crippen LogP contribution in [-0.4, -0.2) is 34.7 Å². The summed E-state index contributed by atoms with van der Waals surface area (Å²) >= 11 is 0. The van der Waals surface area contributed by atoms with Crippen molar-refractivity contribution in [2.45, 2.75) is 108 Å². The van der Waals surface area contributed by atoms with E-state index in [1.54, 1.807) is 6.92 Å². The van der Waals surface area contributed by atoms with Crippen LogP contribution >= 0.6 is 0 Å². The molecule has 4 bridgehead atoms. The lowest BCUT2D eigenvalue weighted by atomic mass is 9.72. The maximum Gasteiger partial charge on any atom is 0.304 e. The van der Waals surface area contributed by atoms with Gasteiger partial charge >= 0.3 is 5.97 Å². The van der Waals surface area contributed by atoms with Crippen LogP contribution in [0.15, 0.2) is 0 Å². The second-order valence-corrected chi connectivity index (χ2v) is 9.07. The zero-order valence-electron chi connectivity index (χ0n) is 15.2. The molecule has 1 unspecified atom stereocenters. The number of nitrogens with zero attached hydrogens (tertiary/aromatic N) is 1. The summed E-state index contributed by atoms with van der Waals surface area (Å²) in [6, 6.07) is 1.30. The van der Waals surface area contributed by atoms with Crippen LogP contribution in [-0.2, 0) is 9.53 Å². The minimum atomic E-state index is -0.405. The van der Waals surface area contributed by atoms with Gasteiger partial charge in [-0.05, 0) is 50.4 Å². The average molecular weight is 335 g/mol. The molecule has 4 fully saturated rings. The second kappa shape index (κ2) is 6.60. The van der Waals surface area contributed by atoms with E-state index in [1.807, 2.05) is 0 Å². The van der Waals surface area contributed by atoms with Gasteiger partial charge in [-0.15, -0.1) is 0 Å². The van der Waals surface area contributed by atoms with Crippen LogP contribution in [0.1, 0.15) is 84.0 Å². The standard InChI is InChI=1S/C20H34N2O2/c1-14(23)24-20-8-4-7-18(12-17(21)13-20)22(20)19-10-15-5-2-3-6-16(9-15)11-19/h15-19H,2-13,21H2,1H3/t15-,16+,17-,18+,19?,20-/m1/s1. The van der Waals surface area contributed by atoms with Crippen LogP contribution in [0.5, 0.6) is 0 Å². The number of carbonyl (C=O) groups excluding carboxylic acids is 1. The minimum Gasteiger partial charge on any atom is -0.444 e. The van der Waals surface area contributed by atoms with Gasteiger partial charge < -0.3 is 10.5 Å². The molecule has 24 heavy (non-hydrogen) atoms. The lowest BCUT2D eigenvalue weighted by molar-refractivity contribution is -0.232. The third-order valence-electron chi connectivity index (χ3n) is 7.20. The molecule has 4 heteroatoms. The molecule has 0 aromatic rings. The van der Waals surface area contributed by atoms with Crippen LogP contribution < -0.4 is 5.73 Å². The zero-order chi connectivity index (χ0) is 16.7. The summed E-state index contributed by atoms with van der Waals surface area (Å²) in [5.74, 6) is 1.65. The number of piperidine rings is 2. The van der Waals surface area contributed by atoms with Gasteiger partial charge in [-0.3, -0.25) is 9.69 Å². The van der Waals surface area contributed by atoms with Gasteiger partial charge in [-0.1, -0.05) is 25.7 Å². The number of ether oxygens (including phenoxy) is 1. The maximum atomic E-state index is 11.9. The summed E-state index contributed by atoms with van der Waals surface area (Å²) < 4.78 is 6.05. The molecular formula is C20H34N2O2. The van der Waals surface area contributed by atoms with E-state index in [0.717, 1.165) is 31.1 Å². The van der Waals surface area contributed by atoms with Crippen LogP contribution in [0, 0.1) is 11.8 Å². The van der Waals surface area contributed by atoms with E-state index in [4.69, 9.17) is 10.5 Å². The van der Waals surface area contributed by atoms with Crippen molar-refractivity contribution in [1.82, 2.24) is 4.90 Å². The van der Waals surface area contributed by atoms with Crippen molar-refractivity contribution in [2.75, 3.05) is 0 Å². The predicted octanol–water partition coefficient (Wildman–Crippen LogP) is 3.58. The van der Waals surface area contributed by atoms with Crippen LogP contribution in [0.3, 0.4) is 0 Å². The fourth-order valence-corrected chi connectivity index (χ4v) is 6.63. The van der Waals surface area contributed by atoms with Gasteiger partial charge in [0.2, 0.25) is 0 Å². The van der Waals surface area contributed by atoms with Crippen LogP contribution in [0.4, 0.5) is 0 Å².